The van der Waals surface area contributed by atoms with Crippen LogP contribution in [0.4, 0.5) is 39.5 Å². The second-order valence-corrected chi connectivity index (χ2v) is 6.98. The van der Waals surface area contributed by atoms with Crippen molar-refractivity contribution in [2.75, 3.05) is 0 Å². The zero-order chi connectivity index (χ0) is 29.8. The summed E-state index contributed by atoms with van der Waals surface area (Å²) in [5.41, 5.74) is -12.4. The van der Waals surface area contributed by atoms with Crippen LogP contribution in [0.3, 0.4) is 0 Å². The average molecular weight is 483 g/mol. The van der Waals surface area contributed by atoms with Gasteiger partial charge in [0.05, 0.1) is 5.69 Å². The second-order valence-electron chi connectivity index (χ2n) is 6.98. The summed E-state index contributed by atoms with van der Waals surface area (Å²) in [5.74, 6) is 0. The average Bonchev–Trinajstić information content (AvgIpc) is 2.75. The molecule has 0 N–H and O–H groups in total. The summed E-state index contributed by atoms with van der Waals surface area (Å²) in [5, 5.41) is 0. The fraction of sp³-hybridized carbons (Fsp3) is 0.261. The molecule has 2 aromatic carbocycles. The highest BCUT2D eigenvalue weighted by Gasteiger charge is 2.84. The lowest BCUT2D eigenvalue weighted by atomic mass is 9.76. The van der Waals surface area contributed by atoms with Gasteiger partial charge in [-0.05, 0) is 53.7 Å². The molecule has 176 valence electrons. The van der Waals surface area contributed by atoms with Crippen LogP contribution in [0.2, 0.25) is 0 Å². The molecule has 0 amide bonds. The Kier molecular flexibility index (Phi) is 4.27. The number of alkyl halides is 9. The van der Waals surface area contributed by atoms with E-state index in [0.717, 1.165) is 18.2 Å². The van der Waals surface area contributed by atoms with Crippen molar-refractivity contribution in [3.8, 4) is 22.4 Å². The number of nitrogens with zero attached hydrogens (tertiary/aromatic N) is 1. The normalized spacial score (nSPS) is 16.8. The van der Waals surface area contributed by atoms with Crippen molar-refractivity contribution in [1.29, 1.82) is 0 Å². The van der Waals surface area contributed by atoms with Crippen molar-refractivity contribution in [3.05, 3.63) is 77.5 Å². The van der Waals surface area contributed by atoms with Crippen LogP contribution in [0.1, 0.15) is 24.9 Å². The maximum atomic E-state index is 13.9. The van der Waals surface area contributed by atoms with Gasteiger partial charge >= 0.3 is 18.5 Å². The minimum absolute atomic E-state index is 0.00942. The van der Waals surface area contributed by atoms with E-state index in [-0.39, 0.29) is 34.5 Å². The summed E-state index contributed by atoms with van der Waals surface area (Å²) in [7, 11) is 0. The zero-order valence-electron chi connectivity index (χ0n) is 22.1. The highest BCUT2D eigenvalue weighted by atomic mass is 19.4. The van der Waals surface area contributed by atoms with Crippen molar-refractivity contribution in [2.45, 2.75) is 37.6 Å². The lowest BCUT2D eigenvalue weighted by Gasteiger charge is -2.39. The van der Waals surface area contributed by atoms with Gasteiger partial charge in [0.25, 0.3) is 5.41 Å². The van der Waals surface area contributed by atoms with E-state index >= 15 is 0 Å². The minimum atomic E-state index is -7.07. The molecule has 0 fully saturated rings. The maximum Gasteiger partial charge on any atom is 0.416 e. The number of aromatic nitrogens is 1. The Bertz CT molecular complexity index is 1310. The third kappa shape index (κ3) is 4.06. The first kappa shape index (κ1) is 17.4. The van der Waals surface area contributed by atoms with Gasteiger partial charge in [0.15, 0.2) is 0 Å². The summed E-state index contributed by atoms with van der Waals surface area (Å²) in [6, 6.07) is 10.2. The van der Waals surface area contributed by atoms with Crippen molar-refractivity contribution in [2.24, 2.45) is 0 Å². The Hall–Kier alpha value is -3.04. The van der Waals surface area contributed by atoms with Crippen LogP contribution in [0.5, 0.6) is 0 Å². The monoisotopic (exact) mass is 483 g/mol. The van der Waals surface area contributed by atoms with Crippen LogP contribution in [0, 0.1) is 13.7 Å². The Labute approximate surface area is 191 Å². The number of hydrogen-bond donors (Lipinski definition) is 0. The van der Waals surface area contributed by atoms with E-state index in [4.69, 9.17) is 8.22 Å². The smallest absolute Gasteiger partial charge is 0.256 e. The Morgan fingerprint density at radius 2 is 1.24 bits per heavy atom. The molecular weight excluding hydrogens is 461 g/mol. The second kappa shape index (κ2) is 8.07. The topological polar surface area (TPSA) is 12.9 Å². The fourth-order valence-electron chi connectivity index (χ4n) is 3.42. The number of hydrogen-bond acceptors (Lipinski definition) is 1. The molecule has 0 saturated heterocycles. The molecule has 3 rings (SSSR count). The molecule has 0 spiro atoms. The van der Waals surface area contributed by atoms with E-state index in [2.05, 4.69) is 4.98 Å². The first-order valence-corrected chi connectivity index (χ1v) is 8.95. The summed E-state index contributed by atoms with van der Waals surface area (Å²) in [6.07, 6.45) is -21.2. The molecule has 1 aromatic heterocycles. The maximum absolute atomic E-state index is 13.9. The molecule has 0 bridgehead atoms. The number of rotatable bonds is 3. The number of aryl methyl sites for hydroxylation is 2. The molecule has 0 unspecified atom stereocenters. The van der Waals surface area contributed by atoms with Gasteiger partial charge in [-0.2, -0.15) is 39.5 Å². The molecule has 1 heterocycles. The summed E-state index contributed by atoms with van der Waals surface area (Å²) in [4.78, 5) is 3.56. The lowest BCUT2D eigenvalue weighted by Crippen LogP contribution is -2.63. The van der Waals surface area contributed by atoms with Crippen molar-refractivity contribution >= 4 is 0 Å². The van der Waals surface area contributed by atoms with Gasteiger partial charge in [-0.3, -0.25) is 4.98 Å². The number of pyridine rings is 1. The Morgan fingerprint density at radius 3 is 1.76 bits per heavy atom. The predicted octanol–water partition coefficient (Wildman–Crippen LogP) is 7.96. The van der Waals surface area contributed by atoms with Gasteiger partial charge in [-0.25, -0.2) is 0 Å². The molecule has 10 heteroatoms. The van der Waals surface area contributed by atoms with E-state index in [1.165, 1.54) is 24.3 Å². The lowest BCUT2D eigenvalue weighted by molar-refractivity contribution is -0.387. The minimum Gasteiger partial charge on any atom is -0.256 e. The largest absolute Gasteiger partial charge is 0.416 e. The van der Waals surface area contributed by atoms with Crippen LogP contribution < -0.4 is 0 Å². The zero-order valence-corrected chi connectivity index (χ0v) is 16.1. The summed E-state index contributed by atoms with van der Waals surface area (Å²) < 4.78 is 171. The molecule has 0 aliphatic rings. The van der Waals surface area contributed by atoms with E-state index in [0.29, 0.717) is 0 Å². The van der Waals surface area contributed by atoms with Gasteiger partial charge in [0, 0.05) is 20.0 Å². The van der Waals surface area contributed by atoms with Gasteiger partial charge < -0.3 is 0 Å². The third-order valence-corrected chi connectivity index (χ3v) is 4.98. The van der Waals surface area contributed by atoms with Gasteiger partial charge in [-0.1, -0.05) is 42.5 Å². The number of benzene rings is 2. The number of halogens is 9. The first-order chi connectivity index (χ1) is 17.5. The molecule has 1 nitrogen and oxygen atoms in total. The molecular formula is C23H16F9N. The summed E-state index contributed by atoms with van der Waals surface area (Å²) >= 11 is 0. The standard InChI is InChI=1S/C23H16F9N/c1-13-8-9-16(10-17(13)15-6-4-3-5-7-15)19-11-18(14(2)12-33-19)20(21(24,25)26,22(27,28)29)23(30,31)32/h3-12H,1-2H3/i1D3,2D3. The third-order valence-electron chi connectivity index (χ3n) is 4.98. The fourth-order valence-corrected chi connectivity index (χ4v) is 3.42. The highest BCUT2D eigenvalue weighted by Crippen LogP contribution is 2.61. The SMILES string of the molecule is [2H]C([2H])([2H])c1ccc(-c2cc(C(C(F)(F)F)(C(F)(F)F)C(F)(F)F)c(C([2H])([2H])[2H])cn2)cc1-c1ccccc1. The van der Waals surface area contributed by atoms with Crippen LogP contribution in [-0.4, -0.2) is 23.5 Å². The van der Waals surface area contributed by atoms with Gasteiger partial charge in [0.1, 0.15) is 0 Å². The summed E-state index contributed by atoms with van der Waals surface area (Å²) in [6.45, 7) is -6.58. The molecule has 33 heavy (non-hydrogen) atoms. The van der Waals surface area contributed by atoms with Crippen molar-refractivity contribution < 1.29 is 47.7 Å². The molecule has 0 aliphatic carbocycles. The Balaban J connectivity index is 2.46. The van der Waals surface area contributed by atoms with Gasteiger partial charge in [-0.15, -0.1) is 0 Å². The van der Waals surface area contributed by atoms with Crippen molar-refractivity contribution in [1.82, 2.24) is 4.98 Å². The highest BCUT2D eigenvalue weighted by molar-refractivity contribution is 5.74. The molecule has 3 aromatic rings. The predicted molar refractivity (Wildman–Crippen MR) is 104 cm³/mol. The molecule has 0 saturated carbocycles. The molecule has 0 atom stereocenters. The quantitative estimate of drug-likeness (QED) is 0.345. The van der Waals surface area contributed by atoms with E-state index < -0.39 is 54.5 Å². The molecule has 0 aliphatic heterocycles. The van der Waals surface area contributed by atoms with Crippen molar-refractivity contribution in [3.63, 3.8) is 0 Å². The Morgan fingerprint density at radius 1 is 0.667 bits per heavy atom. The van der Waals surface area contributed by atoms with Crippen LogP contribution >= 0.6 is 0 Å². The van der Waals surface area contributed by atoms with E-state index in [1.54, 1.807) is 6.07 Å². The van der Waals surface area contributed by atoms with Crippen LogP contribution in [0.25, 0.3) is 22.4 Å². The first-order valence-electron chi connectivity index (χ1n) is 11.9. The van der Waals surface area contributed by atoms with E-state index in [1.807, 2.05) is 0 Å². The molecule has 0 radical (unpaired) electrons. The van der Waals surface area contributed by atoms with Gasteiger partial charge in [0.2, 0.25) is 0 Å². The van der Waals surface area contributed by atoms with Crippen LogP contribution in [-0.2, 0) is 5.41 Å². The van der Waals surface area contributed by atoms with E-state index in [9.17, 15) is 39.5 Å². The van der Waals surface area contributed by atoms with Crippen LogP contribution in [0.15, 0.2) is 60.8 Å².